The number of carbonyl (C=O) groups excluding carboxylic acids is 1. The summed E-state index contributed by atoms with van der Waals surface area (Å²) in [5, 5.41) is 13.3. The van der Waals surface area contributed by atoms with Gasteiger partial charge in [0, 0.05) is 18.2 Å². The Morgan fingerprint density at radius 2 is 1.72 bits per heavy atom. The van der Waals surface area contributed by atoms with Crippen LogP contribution in [0.5, 0.6) is 11.5 Å². The molecule has 0 radical (unpaired) electrons. The van der Waals surface area contributed by atoms with Crippen molar-refractivity contribution in [3.8, 4) is 11.5 Å². The molecular formula is C18H20N2O5. The number of ether oxygens (including phenoxy) is 2. The maximum absolute atomic E-state index is 11.9. The molecule has 25 heavy (non-hydrogen) atoms. The van der Waals surface area contributed by atoms with E-state index in [4.69, 9.17) is 9.47 Å². The molecule has 2 aromatic carbocycles. The number of rotatable bonds is 7. The lowest BCUT2D eigenvalue weighted by Crippen LogP contribution is -2.35. The van der Waals surface area contributed by atoms with Gasteiger partial charge in [-0.3, -0.25) is 10.1 Å². The molecule has 0 saturated carbocycles. The highest BCUT2D eigenvalue weighted by atomic mass is 16.6. The molecule has 0 fully saturated rings. The van der Waals surface area contributed by atoms with Crippen molar-refractivity contribution in [3.63, 3.8) is 0 Å². The van der Waals surface area contributed by atoms with Crippen molar-refractivity contribution in [2.45, 2.75) is 25.8 Å². The van der Waals surface area contributed by atoms with Gasteiger partial charge in [0.25, 0.3) is 5.69 Å². The van der Waals surface area contributed by atoms with Crippen molar-refractivity contribution in [2.75, 3.05) is 7.11 Å². The van der Waals surface area contributed by atoms with E-state index in [2.05, 4.69) is 5.32 Å². The van der Waals surface area contributed by atoms with Gasteiger partial charge in [-0.05, 0) is 49.6 Å². The number of amides is 1. The summed E-state index contributed by atoms with van der Waals surface area (Å²) in [6.07, 6.45) is 0.973. The topological polar surface area (TPSA) is 90.7 Å². The van der Waals surface area contributed by atoms with Crippen LogP contribution in [0.4, 0.5) is 10.5 Å². The maximum atomic E-state index is 11.9. The Hall–Kier alpha value is -3.09. The second-order valence-corrected chi connectivity index (χ2v) is 5.57. The third kappa shape index (κ3) is 5.80. The van der Waals surface area contributed by atoms with E-state index < -0.39 is 11.0 Å². The van der Waals surface area contributed by atoms with Crippen molar-refractivity contribution < 1.29 is 19.2 Å². The van der Waals surface area contributed by atoms with E-state index in [0.717, 1.165) is 24.2 Å². The van der Waals surface area contributed by atoms with Crippen LogP contribution in [0.1, 0.15) is 18.9 Å². The van der Waals surface area contributed by atoms with Crippen molar-refractivity contribution in [1.29, 1.82) is 0 Å². The Bertz CT molecular complexity index is 713. The van der Waals surface area contributed by atoms with Crippen LogP contribution in [0.2, 0.25) is 0 Å². The van der Waals surface area contributed by atoms with E-state index >= 15 is 0 Å². The number of hydrogen-bond acceptors (Lipinski definition) is 5. The lowest BCUT2D eigenvalue weighted by atomic mass is 10.1. The fourth-order valence-electron chi connectivity index (χ4n) is 2.22. The first kappa shape index (κ1) is 18.3. The summed E-state index contributed by atoms with van der Waals surface area (Å²) >= 11 is 0. The van der Waals surface area contributed by atoms with E-state index in [1.54, 1.807) is 7.11 Å². The molecule has 0 aliphatic rings. The first-order valence-corrected chi connectivity index (χ1v) is 7.83. The van der Waals surface area contributed by atoms with E-state index in [1.165, 1.54) is 24.3 Å². The summed E-state index contributed by atoms with van der Waals surface area (Å²) in [7, 11) is 1.62. The van der Waals surface area contributed by atoms with Gasteiger partial charge in [-0.2, -0.15) is 0 Å². The zero-order valence-electron chi connectivity index (χ0n) is 14.1. The average Bonchev–Trinajstić information content (AvgIpc) is 2.60. The number of nitrogens with one attached hydrogen (secondary N) is 1. The predicted octanol–water partition coefficient (Wildman–Crippen LogP) is 3.71. The fraction of sp³-hybridized carbons (Fsp3) is 0.278. The molecule has 1 atom stereocenters. The molecule has 132 valence electrons. The third-order valence-electron chi connectivity index (χ3n) is 3.65. The van der Waals surface area contributed by atoms with Gasteiger partial charge in [0.15, 0.2) is 0 Å². The molecule has 2 rings (SSSR count). The summed E-state index contributed by atoms with van der Waals surface area (Å²) in [6.45, 7) is 1.89. The van der Waals surface area contributed by atoms with Crippen LogP contribution in [0.3, 0.4) is 0 Å². The Labute approximate surface area is 145 Å². The summed E-state index contributed by atoms with van der Waals surface area (Å²) in [4.78, 5) is 21.9. The number of nitro groups is 1. The molecule has 0 saturated heterocycles. The molecule has 0 aliphatic heterocycles. The largest absolute Gasteiger partial charge is 0.497 e. The lowest BCUT2D eigenvalue weighted by molar-refractivity contribution is -0.384. The highest BCUT2D eigenvalue weighted by Crippen LogP contribution is 2.17. The van der Waals surface area contributed by atoms with Crippen molar-refractivity contribution in [2.24, 2.45) is 0 Å². The molecule has 1 unspecified atom stereocenters. The van der Waals surface area contributed by atoms with Crippen molar-refractivity contribution in [1.82, 2.24) is 5.32 Å². The molecule has 1 amide bonds. The molecule has 1 N–H and O–H groups in total. The standard InChI is InChI=1S/C18H20N2O5/c1-13(3-4-14-5-9-16(24-2)10-6-14)19-18(21)25-17-11-7-15(8-12-17)20(22)23/h5-13H,3-4H2,1-2H3,(H,19,21). The van der Waals surface area contributed by atoms with Crippen LogP contribution in [0.15, 0.2) is 48.5 Å². The molecule has 0 bridgehead atoms. The van der Waals surface area contributed by atoms with E-state index in [1.807, 2.05) is 31.2 Å². The third-order valence-corrected chi connectivity index (χ3v) is 3.65. The van der Waals surface area contributed by atoms with Crippen molar-refractivity contribution >= 4 is 11.8 Å². The molecule has 0 heterocycles. The quantitative estimate of drug-likeness (QED) is 0.611. The minimum absolute atomic E-state index is 0.0550. The normalized spacial score (nSPS) is 11.4. The molecule has 0 spiro atoms. The summed E-state index contributed by atoms with van der Waals surface area (Å²) in [5.41, 5.74) is 1.10. The number of aryl methyl sites for hydroxylation is 1. The second-order valence-electron chi connectivity index (χ2n) is 5.57. The highest BCUT2D eigenvalue weighted by molar-refractivity contribution is 5.70. The van der Waals surface area contributed by atoms with Crippen LogP contribution in [-0.4, -0.2) is 24.2 Å². The van der Waals surface area contributed by atoms with Crippen LogP contribution in [0, 0.1) is 10.1 Å². The van der Waals surface area contributed by atoms with Gasteiger partial charge in [0.2, 0.25) is 0 Å². The van der Waals surface area contributed by atoms with Gasteiger partial charge >= 0.3 is 6.09 Å². The predicted molar refractivity (Wildman–Crippen MR) is 93.0 cm³/mol. The lowest BCUT2D eigenvalue weighted by Gasteiger charge is -2.14. The Morgan fingerprint density at radius 3 is 2.28 bits per heavy atom. The summed E-state index contributed by atoms with van der Waals surface area (Å²) in [5.74, 6) is 1.06. The SMILES string of the molecule is COc1ccc(CCC(C)NC(=O)Oc2ccc([N+](=O)[O-])cc2)cc1. The highest BCUT2D eigenvalue weighted by Gasteiger charge is 2.11. The number of non-ortho nitro benzene ring substituents is 1. The number of carbonyl (C=O) groups is 1. The first-order valence-electron chi connectivity index (χ1n) is 7.83. The van der Waals surface area contributed by atoms with Gasteiger partial charge < -0.3 is 14.8 Å². The Morgan fingerprint density at radius 1 is 1.12 bits per heavy atom. The summed E-state index contributed by atoms with van der Waals surface area (Å²) < 4.78 is 10.2. The molecule has 0 aromatic heterocycles. The van der Waals surface area contributed by atoms with Gasteiger partial charge in [-0.15, -0.1) is 0 Å². The number of nitrogens with zero attached hydrogens (tertiary/aromatic N) is 1. The Kier molecular flexibility index (Phi) is 6.33. The second kappa shape index (κ2) is 8.68. The van der Waals surface area contributed by atoms with Crippen LogP contribution < -0.4 is 14.8 Å². The minimum Gasteiger partial charge on any atom is -0.497 e. The van der Waals surface area contributed by atoms with Gasteiger partial charge in [0.1, 0.15) is 11.5 Å². The fourth-order valence-corrected chi connectivity index (χ4v) is 2.22. The van der Waals surface area contributed by atoms with Crippen molar-refractivity contribution in [3.05, 3.63) is 64.2 Å². The molecule has 7 nitrogen and oxygen atoms in total. The van der Waals surface area contributed by atoms with Gasteiger partial charge in [0.05, 0.1) is 12.0 Å². The molecule has 7 heteroatoms. The van der Waals surface area contributed by atoms with Crippen LogP contribution in [0.25, 0.3) is 0 Å². The smallest absolute Gasteiger partial charge is 0.412 e. The average molecular weight is 344 g/mol. The van der Waals surface area contributed by atoms with Gasteiger partial charge in [-0.1, -0.05) is 12.1 Å². The van der Waals surface area contributed by atoms with Crippen LogP contribution >= 0.6 is 0 Å². The Balaban J connectivity index is 1.78. The van der Waals surface area contributed by atoms with Crippen LogP contribution in [-0.2, 0) is 6.42 Å². The molecular weight excluding hydrogens is 324 g/mol. The van der Waals surface area contributed by atoms with E-state index in [0.29, 0.717) is 0 Å². The summed E-state index contributed by atoms with van der Waals surface area (Å²) in [6, 6.07) is 13.0. The number of benzene rings is 2. The molecule has 0 aliphatic carbocycles. The zero-order valence-corrected chi connectivity index (χ0v) is 14.1. The monoisotopic (exact) mass is 344 g/mol. The first-order chi connectivity index (χ1) is 12.0. The molecule has 2 aromatic rings. The number of nitro benzene ring substituents is 1. The van der Waals surface area contributed by atoms with Gasteiger partial charge in [-0.25, -0.2) is 4.79 Å². The number of methoxy groups -OCH3 is 1. The minimum atomic E-state index is -0.587. The van der Waals surface area contributed by atoms with E-state index in [9.17, 15) is 14.9 Å². The maximum Gasteiger partial charge on any atom is 0.412 e. The van der Waals surface area contributed by atoms with E-state index in [-0.39, 0.29) is 17.5 Å². The number of hydrogen-bond donors (Lipinski definition) is 1. The zero-order chi connectivity index (χ0) is 18.2.